The minimum atomic E-state index is -1.58. The highest BCUT2D eigenvalue weighted by molar-refractivity contribution is 5.88. The Morgan fingerprint density at radius 1 is 1.27 bits per heavy atom. The van der Waals surface area contributed by atoms with Gasteiger partial charge < -0.3 is 9.88 Å². The molecule has 4 rings (SSSR count). The largest absolute Gasteiger partial charge is 0.337 e. The van der Waals surface area contributed by atoms with Crippen LogP contribution >= 0.6 is 0 Å². The average molecular weight is 358 g/mol. The molecule has 2 aromatic heterocycles. The molecule has 1 amide bonds. The highest BCUT2D eigenvalue weighted by atomic mass is 19.1. The maximum atomic E-state index is 13.9. The van der Waals surface area contributed by atoms with Crippen molar-refractivity contribution in [2.75, 3.05) is 26.2 Å². The van der Waals surface area contributed by atoms with Gasteiger partial charge in [0.15, 0.2) is 5.67 Å². The van der Waals surface area contributed by atoms with Gasteiger partial charge >= 0.3 is 0 Å². The molecule has 0 aromatic carbocycles. The van der Waals surface area contributed by atoms with Gasteiger partial charge in [-0.3, -0.25) is 19.5 Å². The Balaban J connectivity index is 1.42. The molecular weight excluding hydrogens is 335 g/mol. The average Bonchev–Trinajstić information content (AvgIpc) is 3.40. The van der Waals surface area contributed by atoms with Crippen LogP contribution in [0, 0.1) is 0 Å². The summed E-state index contributed by atoms with van der Waals surface area (Å²) >= 11 is 0. The van der Waals surface area contributed by atoms with E-state index in [0.29, 0.717) is 52.0 Å². The van der Waals surface area contributed by atoms with E-state index in [1.165, 1.54) is 0 Å². The third kappa shape index (κ3) is 3.23. The molecule has 7 heteroatoms. The number of nitrogens with zero attached hydrogens (tertiary/aromatic N) is 3. The maximum Gasteiger partial charge on any atom is 0.260 e. The van der Waals surface area contributed by atoms with Gasteiger partial charge in [-0.15, -0.1) is 0 Å². The summed E-state index contributed by atoms with van der Waals surface area (Å²) in [5, 5.41) is 0. The van der Waals surface area contributed by atoms with Crippen LogP contribution in [0.25, 0.3) is 11.0 Å². The second-order valence-electron chi connectivity index (χ2n) is 7.29. The Bertz CT molecular complexity index is 898. The summed E-state index contributed by atoms with van der Waals surface area (Å²) in [6.07, 6.45) is 3.25. The van der Waals surface area contributed by atoms with Crippen molar-refractivity contribution in [1.82, 2.24) is 19.8 Å². The van der Waals surface area contributed by atoms with Crippen LogP contribution in [0.2, 0.25) is 0 Å². The lowest BCUT2D eigenvalue weighted by Crippen LogP contribution is -2.51. The second-order valence-corrected chi connectivity index (χ2v) is 7.29. The number of piperazine rings is 1. The number of pyridine rings is 2. The van der Waals surface area contributed by atoms with Crippen LogP contribution in [0.4, 0.5) is 4.39 Å². The molecule has 0 atom stereocenters. The number of carbonyl (C=O) groups is 1. The van der Waals surface area contributed by atoms with E-state index in [0.717, 1.165) is 22.2 Å². The molecular formula is C19H23FN4O2. The van der Waals surface area contributed by atoms with Crippen LogP contribution in [0.1, 0.15) is 30.9 Å². The highest BCUT2D eigenvalue weighted by Crippen LogP contribution is 2.41. The number of rotatable bonds is 4. The van der Waals surface area contributed by atoms with Crippen molar-refractivity contribution in [1.29, 1.82) is 0 Å². The molecule has 26 heavy (non-hydrogen) atoms. The minimum absolute atomic E-state index is 0.0636. The third-order valence-electron chi connectivity index (χ3n) is 5.34. The number of aromatic amines is 1. The Hall–Kier alpha value is -2.28. The number of fused-ring (bicyclic) bond motifs is 1. The molecule has 1 saturated heterocycles. The number of hydrogen-bond donors (Lipinski definition) is 1. The first-order valence-corrected chi connectivity index (χ1v) is 9.20. The van der Waals surface area contributed by atoms with Crippen molar-refractivity contribution in [2.45, 2.75) is 38.4 Å². The van der Waals surface area contributed by atoms with Crippen molar-refractivity contribution in [3.05, 3.63) is 39.8 Å². The summed E-state index contributed by atoms with van der Waals surface area (Å²) in [6, 6.07) is 3.80. The summed E-state index contributed by atoms with van der Waals surface area (Å²) in [4.78, 5) is 35.3. The SMILES string of the molecule is CCc1cc2ncc(CN3CCN(C(=O)C4(F)CC4)CC3)cc2[nH]c1=O. The first kappa shape index (κ1) is 17.1. The molecule has 1 saturated carbocycles. The number of amides is 1. The fourth-order valence-electron chi connectivity index (χ4n) is 3.49. The quantitative estimate of drug-likeness (QED) is 0.902. The lowest BCUT2D eigenvalue weighted by Gasteiger charge is -2.35. The number of hydrogen-bond acceptors (Lipinski definition) is 4. The lowest BCUT2D eigenvalue weighted by atomic mass is 10.1. The van der Waals surface area contributed by atoms with E-state index in [4.69, 9.17) is 0 Å². The van der Waals surface area contributed by atoms with Gasteiger partial charge in [0.2, 0.25) is 0 Å². The molecule has 3 heterocycles. The molecule has 2 fully saturated rings. The van der Waals surface area contributed by atoms with E-state index in [9.17, 15) is 14.0 Å². The van der Waals surface area contributed by atoms with Crippen molar-refractivity contribution in [2.24, 2.45) is 0 Å². The summed E-state index contributed by atoms with van der Waals surface area (Å²) in [7, 11) is 0. The number of aryl methyl sites for hydroxylation is 1. The van der Waals surface area contributed by atoms with Crippen molar-refractivity contribution in [3.63, 3.8) is 0 Å². The number of alkyl halides is 1. The summed E-state index contributed by atoms with van der Waals surface area (Å²) in [5.74, 6) is -0.339. The van der Waals surface area contributed by atoms with Crippen molar-refractivity contribution < 1.29 is 9.18 Å². The Morgan fingerprint density at radius 3 is 2.65 bits per heavy atom. The standard InChI is InChI=1S/C19H23FN4O2/c1-2-14-10-15-16(22-17(14)25)9-13(11-21-15)12-23-5-7-24(8-6-23)18(26)19(20)3-4-19/h9-11H,2-8,12H2,1H3,(H,22,25). The van der Waals surface area contributed by atoms with Gasteiger partial charge in [-0.2, -0.15) is 0 Å². The Morgan fingerprint density at radius 2 is 2.00 bits per heavy atom. The zero-order chi connectivity index (χ0) is 18.3. The zero-order valence-corrected chi connectivity index (χ0v) is 14.9. The number of carbonyl (C=O) groups excluding carboxylic acids is 1. The molecule has 1 aliphatic carbocycles. The topological polar surface area (TPSA) is 69.3 Å². The van der Waals surface area contributed by atoms with Gasteiger partial charge in [-0.25, -0.2) is 4.39 Å². The van der Waals surface area contributed by atoms with Crippen LogP contribution in [-0.2, 0) is 17.8 Å². The normalized spacial score (nSPS) is 19.7. The van der Waals surface area contributed by atoms with Gasteiger partial charge in [-0.05, 0) is 37.0 Å². The fraction of sp³-hybridized carbons (Fsp3) is 0.526. The van der Waals surface area contributed by atoms with Gasteiger partial charge in [-0.1, -0.05) is 6.92 Å². The predicted molar refractivity (Wildman–Crippen MR) is 96.7 cm³/mol. The summed E-state index contributed by atoms with van der Waals surface area (Å²) < 4.78 is 13.9. The highest BCUT2D eigenvalue weighted by Gasteiger charge is 2.52. The predicted octanol–water partition coefficient (Wildman–Crippen LogP) is 1.63. The monoisotopic (exact) mass is 358 g/mol. The zero-order valence-electron chi connectivity index (χ0n) is 14.9. The van der Waals surface area contributed by atoms with Crippen LogP contribution in [0.3, 0.4) is 0 Å². The molecule has 2 aromatic rings. The van der Waals surface area contributed by atoms with Crippen LogP contribution in [0.5, 0.6) is 0 Å². The van der Waals surface area contributed by atoms with Crippen LogP contribution < -0.4 is 5.56 Å². The Kier molecular flexibility index (Phi) is 4.26. The molecule has 138 valence electrons. The van der Waals surface area contributed by atoms with Gasteiger partial charge in [0.25, 0.3) is 11.5 Å². The van der Waals surface area contributed by atoms with E-state index < -0.39 is 5.67 Å². The number of aromatic nitrogens is 2. The minimum Gasteiger partial charge on any atom is -0.337 e. The summed E-state index contributed by atoms with van der Waals surface area (Å²) in [6.45, 7) is 5.19. The van der Waals surface area contributed by atoms with Gasteiger partial charge in [0, 0.05) is 44.5 Å². The molecule has 6 nitrogen and oxygen atoms in total. The van der Waals surface area contributed by atoms with E-state index in [2.05, 4.69) is 14.9 Å². The first-order valence-electron chi connectivity index (χ1n) is 9.20. The molecule has 0 radical (unpaired) electrons. The second kappa shape index (κ2) is 6.46. The van der Waals surface area contributed by atoms with Crippen molar-refractivity contribution >= 4 is 16.9 Å². The van der Waals surface area contributed by atoms with E-state index in [1.54, 1.807) is 4.90 Å². The van der Waals surface area contributed by atoms with E-state index in [-0.39, 0.29) is 11.5 Å². The molecule has 1 N–H and O–H groups in total. The molecule has 1 aliphatic heterocycles. The number of nitrogens with one attached hydrogen (secondary N) is 1. The smallest absolute Gasteiger partial charge is 0.260 e. The lowest BCUT2D eigenvalue weighted by molar-refractivity contribution is -0.140. The van der Waals surface area contributed by atoms with Gasteiger partial charge in [0.1, 0.15) is 0 Å². The molecule has 0 unspecified atom stereocenters. The third-order valence-corrected chi connectivity index (χ3v) is 5.34. The van der Waals surface area contributed by atoms with Crippen LogP contribution in [-0.4, -0.2) is 57.5 Å². The molecule has 0 spiro atoms. The van der Waals surface area contributed by atoms with Gasteiger partial charge in [0.05, 0.1) is 11.0 Å². The maximum absolute atomic E-state index is 13.9. The first-order chi connectivity index (χ1) is 12.5. The van der Waals surface area contributed by atoms with E-state index in [1.807, 2.05) is 25.3 Å². The number of halogens is 1. The fourth-order valence-corrected chi connectivity index (χ4v) is 3.49. The number of H-pyrrole nitrogens is 1. The molecule has 2 aliphatic rings. The van der Waals surface area contributed by atoms with Crippen LogP contribution in [0.15, 0.2) is 23.1 Å². The van der Waals surface area contributed by atoms with Crippen molar-refractivity contribution in [3.8, 4) is 0 Å². The van der Waals surface area contributed by atoms with E-state index >= 15 is 0 Å². The summed E-state index contributed by atoms with van der Waals surface area (Å²) in [5.41, 5.74) is 1.64. The Labute approximate surface area is 151 Å². The molecule has 0 bridgehead atoms.